The van der Waals surface area contributed by atoms with Gasteiger partial charge in [-0.3, -0.25) is 0 Å². The van der Waals surface area contributed by atoms with E-state index >= 15 is 0 Å². The van der Waals surface area contributed by atoms with Gasteiger partial charge in [-0.25, -0.2) is 14.4 Å². The Balaban J connectivity index is 1.71. The molecular weight excluding hydrogens is 512 g/mol. The van der Waals surface area contributed by atoms with Crippen molar-refractivity contribution in [3.05, 3.63) is 96.1 Å². The highest BCUT2D eigenvalue weighted by Gasteiger charge is 2.16. The monoisotopic (exact) mass is 546 g/mol. The first-order valence-corrected chi connectivity index (χ1v) is 13.3. The van der Waals surface area contributed by atoms with Gasteiger partial charge < -0.3 is 23.7 Å². The molecule has 0 spiro atoms. The van der Waals surface area contributed by atoms with Crippen molar-refractivity contribution in [3.63, 3.8) is 0 Å². The van der Waals surface area contributed by atoms with Crippen LogP contribution in [0.1, 0.15) is 65.8 Å². The van der Waals surface area contributed by atoms with Crippen LogP contribution in [0.4, 0.5) is 0 Å². The molecule has 0 N–H and O–H groups in total. The summed E-state index contributed by atoms with van der Waals surface area (Å²) in [5, 5.41) is 0. The lowest BCUT2D eigenvalue weighted by Crippen LogP contribution is -2.12. The van der Waals surface area contributed by atoms with Gasteiger partial charge in [0.25, 0.3) is 0 Å². The quantitative estimate of drug-likeness (QED) is 0.0898. The Morgan fingerprint density at radius 1 is 0.700 bits per heavy atom. The third-order valence-corrected chi connectivity index (χ3v) is 5.70. The maximum Gasteiger partial charge on any atom is 0.343 e. The van der Waals surface area contributed by atoms with Gasteiger partial charge in [0.2, 0.25) is 0 Å². The second kappa shape index (κ2) is 15.7. The second-order valence-electron chi connectivity index (χ2n) is 8.81. The molecule has 0 aromatic heterocycles. The molecule has 0 atom stereocenters. The highest BCUT2D eigenvalue weighted by molar-refractivity contribution is 5.92. The Labute approximate surface area is 234 Å². The number of benzene rings is 3. The average molecular weight is 547 g/mol. The highest BCUT2D eigenvalue weighted by atomic mass is 16.6. The van der Waals surface area contributed by atoms with Crippen LogP contribution < -0.4 is 18.9 Å². The molecule has 0 amide bonds. The molecule has 8 nitrogen and oxygen atoms in total. The van der Waals surface area contributed by atoms with E-state index in [1.807, 2.05) is 0 Å². The molecule has 0 aliphatic rings. The molecule has 0 heterocycles. The maximum atomic E-state index is 12.8. The van der Waals surface area contributed by atoms with Gasteiger partial charge in [-0.1, -0.05) is 33.3 Å². The van der Waals surface area contributed by atoms with Crippen molar-refractivity contribution in [2.24, 2.45) is 0 Å². The van der Waals surface area contributed by atoms with E-state index in [9.17, 15) is 14.4 Å². The lowest BCUT2D eigenvalue weighted by molar-refractivity contribution is -0.139. The van der Waals surface area contributed by atoms with E-state index in [0.717, 1.165) is 31.8 Å². The number of carbonyl (C=O) groups is 3. The fraction of sp³-hybridized carbons (Fsp3) is 0.281. The fourth-order valence-corrected chi connectivity index (χ4v) is 3.41. The molecule has 0 fully saturated rings. The molecule has 0 aliphatic heterocycles. The first kappa shape index (κ1) is 30.0. The number of hydrogen-bond acceptors (Lipinski definition) is 8. The number of rotatable bonds is 15. The minimum Gasteiger partial charge on any atom is -0.494 e. The van der Waals surface area contributed by atoms with E-state index in [4.69, 9.17) is 23.7 Å². The van der Waals surface area contributed by atoms with Crippen molar-refractivity contribution in [1.82, 2.24) is 0 Å². The van der Waals surface area contributed by atoms with E-state index < -0.39 is 17.9 Å². The minimum atomic E-state index is -0.653. The summed E-state index contributed by atoms with van der Waals surface area (Å²) in [5.74, 6) is -0.181. The largest absolute Gasteiger partial charge is 0.494 e. The Bertz CT molecular complexity index is 1280. The summed E-state index contributed by atoms with van der Waals surface area (Å²) in [5.41, 5.74) is 0.975. The van der Waals surface area contributed by atoms with Gasteiger partial charge in [-0.05, 0) is 79.6 Å². The van der Waals surface area contributed by atoms with Gasteiger partial charge in [0.15, 0.2) is 0 Å². The zero-order valence-electron chi connectivity index (χ0n) is 22.9. The predicted molar refractivity (Wildman–Crippen MR) is 150 cm³/mol. The summed E-state index contributed by atoms with van der Waals surface area (Å²) in [7, 11) is 0. The van der Waals surface area contributed by atoms with Crippen LogP contribution in [0.25, 0.3) is 0 Å². The summed E-state index contributed by atoms with van der Waals surface area (Å²) in [6.07, 6.45) is 4.96. The van der Waals surface area contributed by atoms with Gasteiger partial charge in [0.05, 0.1) is 24.3 Å². The molecule has 0 radical (unpaired) electrons. The summed E-state index contributed by atoms with van der Waals surface area (Å²) < 4.78 is 27.5. The number of carbonyl (C=O) groups excluding carboxylic acids is 3. The van der Waals surface area contributed by atoms with Gasteiger partial charge in [-0.2, -0.15) is 0 Å². The molecule has 3 aromatic carbocycles. The molecular formula is C32H34O8. The number of ether oxygens (including phenoxy) is 5. The number of esters is 3. The van der Waals surface area contributed by atoms with Crippen LogP contribution in [0.5, 0.6) is 23.0 Å². The molecule has 40 heavy (non-hydrogen) atoms. The van der Waals surface area contributed by atoms with Crippen molar-refractivity contribution in [2.45, 2.75) is 46.1 Å². The van der Waals surface area contributed by atoms with Gasteiger partial charge in [0.1, 0.15) is 29.6 Å². The Hall–Kier alpha value is -4.59. The Morgan fingerprint density at radius 2 is 1.20 bits per heavy atom. The smallest absolute Gasteiger partial charge is 0.343 e. The Morgan fingerprint density at radius 3 is 1.70 bits per heavy atom. The SMILES string of the molecule is C=CC(=O)OCc1cc(OC(=O)c2ccc(OCCCC)cc2)ccc1OC(=O)c1ccc(OCCCC)cc1. The van der Waals surface area contributed by atoms with E-state index in [1.165, 1.54) is 18.2 Å². The predicted octanol–water partition coefficient (Wildman–Crippen LogP) is 6.71. The lowest BCUT2D eigenvalue weighted by atomic mass is 10.2. The third kappa shape index (κ3) is 9.31. The lowest BCUT2D eigenvalue weighted by Gasteiger charge is -2.13. The van der Waals surface area contributed by atoms with Crippen LogP contribution >= 0.6 is 0 Å². The van der Waals surface area contributed by atoms with Crippen molar-refractivity contribution in [3.8, 4) is 23.0 Å². The summed E-state index contributed by atoms with van der Waals surface area (Å²) >= 11 is 0. The first-order chi connectivity index (χ1) is 19.4. The minimum absolute atomic E-state index is 0.151. The maximum absolute atomic E-state index is 12.8. The van der Waals surface area contributed by atoms with Gasteiger partial charge in [-0.15, -0.1) is 0 Å². The average Bonchev–Trinajstić information content (AvgIpc) is 2.97. The van der Waals surface area contributed by atoms with E-state index in [-0.39, 0.29) is 18.1 Å². The third-order valence-electron chi connectivity index (χ3n) is 5.70. The molecule has 0 aliphatic carbocycles. The number of hydrogen-bond donors (Lipinski definition) is 0. The number of unbranched alkanes of at least 4 members (excludes halogenated alkanes) is 2. The van der Waals surface area contributed by atoms with Crippen molar-refractivity contribution in [2.75, 3.05) is 13.2 Å². The zero-order chi connectivity index (χ0) is 28.7. The molecule has 0 saturated heterocycles. The van der Waals surface area contributed by atoms with E-state index in [1.54, 1.807) is 48.5 Å². The van der Waals surface area contributed by atoms with Crippen molar-refractivity contribution < 1.29 is 38.1 Å². The van der Waals surface area contributed by atoms with Crippen molar-refractivity contribution >= 4 is 17.9 Å². The standard InChI is InChI=1S/C32H34O8/c1-4-7-19-36-26-13-9-23(10-14-26)31(34)39-28-17-18-29(25(21-28)22-38-30(33)6-3)40-32(35)24-11-15-27(16-12-24)37-20-8-5-2/h6,9-18,21H,3-5,7-8,19-20,22H2,1-2H3. The topological polar surface area (TPSA) is 97.4 Å². The normalized spacial score (nSPS) is 10.3. The molecule has 8 heteroatoms. The summed E-state index contributed by atoms with van der Waals surface area (Å²) in [6.45, 7) is 8.52. The summed E-state index contributed by atoms with van der Waals surface area (Å²) in [4.78, 5) is 37.2. The molecule has 3 rings (SSSR count). The van der Waals surface area contributed by atoms with Crippen LogP contribution in [0.3, 0.4) is 0 Å². The van der Waals surface area contributed by atoms with E-state index in [2.05, 4.69) is 20.4 Å². The van der Waals surface area contributed by atoms with Crippen LogP contribution in [0.2, 0.25) is 0 Å². The zero-order valence-corrected chi connectivity index (χ0v) is 22.9. The van der Waals surface area contributed by atoms with E-state index in [0.29, 0.717) is 41.4 Å². The van der Waals surface area contributed by atoms with Crippen LogP contribution in [-0.2, 0) is 16.1 Å². The second-order valence-corrected chi connectivity index (χ2v) is 8.81. The Kier molecular flexibility index (Phi) is 11.8. The molecule has 0 bridgehead atoms. The van der Waals surface area contributed by atoms with Gasteiger partial charge >= 0.3 is 17.9 Å². The molecule has 210 valence electrons. The fourth-order valence-electron chi connectivity index (χ4n) is 3.41. The van der Waals surface area contributed by atoms with Crippen LogP contribution in [-0.4, -0.2) is 31.1 Å². The van der Waals surface area contributed by atoms with Crippen LogP contribution in [0, 0.1) is 0 Å². The molecule has 3 aromatic rings. The highest BCUT2D eigenvalue weighted by Crippen LogP contribution is 2.27. The first-order valence-electron chi connectivity index (χ1n) is 13.3. The van der Waals surface area contributed by atoms with Gasteiger partial charge in [0, 0.05) is 11.6 Å². The van der Waals surface area contributed by atoms with Crippen LogP contribution in [0.15, 0.2) is 79.4 Å². The molecule has 0 unspecified atom stereocenters. The van der Waals surface area contributed by atoms with Crippen molar-refractivity contribution in [1.29, 1.82) is 0 Å². The summed E-state index contributed by atoms with van der Waals surface area (Å²) in [6, 6.07) is 17.7. The molecule has 0 saturated carbocycles.